The number of hydrogen-bond donors (Lipinski definition) is 2. The van der Waals surface area contributed by atoms with Crippen molar-refractivity contribution < 1.29 is 4.74 Å². The smallest absolute Gasteiger partial charge is 0.245 e. The van der Waals surface area contributed by atoms with Gasteiger partial charge >= 0.3 is 0 Å². The Morgan fingerprint density at radius 1 is 1.33 bits per heavy atom. The number of nitrogens with zero attached hydrogens (tertiary/aromatic N) is 4. The maximum atomic E-state index is 5.86. The molecule has 0 saturated carbocycles. The molecule has 0 amide bonds. The zero-order valence-electron chi connectivity index (χ0n) is 12.4. The van der Waals surface area contributed by atoms with Gasteiger partial charge in [-0.2, -0.15) is 9.97 Å². The normalized spacial score (nSPS) is 15.7. The molecule has 1 aliphatic heterocycles. The lowest BCUT2D eigenvalue weighted by atomic mass is 10.4. The minimum absolute atomic E-state index is 0.577. The fourth-order valence-corrected chi connectivity index (χ4v) is 2.50. The number of anilines is 1. The first-order valence-corrected chi connectivity index (χ1v) is 7.67. The maximum Gasteiger partial charge on any atom is 0.245 e. The Morgan fingerprint density at radius 3 is 3.00 bits per heavy atom. The molecular formula is C14H22N6O. The quantitative estimate of drug-likeness (QED) is 0.807. The van der Waals surface area contributed by atoms with E-state index in [1.807, 2.05) is 0 Å². The molecule has 114 valence electrons. The van der Waals surface area contributed by atoms with Crippen molar-refractivity contribution in [2.75, 3.05) is 38.1 Å². The topological polar surface area (TPSA) is 79.0 Å². The van der Waals surface area contributed by atoms with Crippen molar-refractivity contribution in [2.24, 2.45) is 0 Å². The SMILES string of the molecule is CCCNc1nc(OCCN2CCCC2)c2[nH]cnc2n1. The van der Waals surface area contributed by atoms with Crippen molar-refractivity contribution in [1.82, 2.24) is 24.8 Å². The van der Waals surface area contributed by atoms with Crippen LogP contribution in [0, 0.1) is 0 Å². The Labute approximate surface area is 124 Å². The molecule has 0 unspecified atom stereocenters. The molecule has 1 fully saturated rings. The molecular weight excluding hydrogens is 268 g/mol. The van der Waals surface area contributed by atoms with Gasteiger partial charge in [0.1, 0.15) is 12.1 Å². The summed E-state index contributed by atoms with van der Waals surface area (Å²) in [6.07, 6.45) is 5.23. The van der Waals surface area contributed by atoms with E-state index in [2.05, 4.69) is 37.1 Å². The first-order valence-electron chi connectivity index (χ1n) is 7.67. The van der Waals surface area contributed by atoms with Gasteiger partial charge in [0.05, 0.1) is 6.33 Å². The summed E-state index contributed by atoms with van der Waals surface area (Å²) in [4.78, 5) is 18.5. The van der Waals surface area contributed by atoms with Crippen LogP contribution in [0.5, 0.6) is 5.88 Å². The van der Waals surface area contributed by atoms with E-state index in [-0.39, 0.29) is 0 Å². The third-order valence-electron chi connectivity index (χ3n) is 3.63. The summed E-state index contributed by atoms with van der Waals surface area (Å²) in [7, 11) is 0. The van der Waals surface area contributed by atoms with Crippen LogP contribution in [0.25, 0.3) is 11.2 Å². The van der Waals surface area contributed by atoms with Crippen molar-refractivity contribution >= 4 is 17.1 Å². The van der Waals surface area contributed by atoms with Gasteiger partial charge in [0.2, 0.25) is 11.8 Å². The van der Waals surface area contributed by atoms with Crippen LogP contribution in [0.15, 0.2) is 6.33 Å². The van der Waals surface area contributed by atoms with Crippen LogP contribution in [-0.4, -0.2) is 57.6 Å². The standard InChI is InChI=1S/C14H22N6O/c1-2-5-15-14-18-12-11(16-10-17-12)13(19-14)21-9-8-20-6-3-4-7-20/h10H,2-9H2,1H3,(H2,15,16,17,18,19). The third kappa shape index (κ3) is 3.41. The molecule has 2 aromatic heterocycles. The van der Waals surface area contributed by atoms with Crippen LogP contribution in [-0.2, 0) is 0 Å². The minimum Gasteiger partial charge on any atom is -0.475 e. The Balaban J connectivity index is 1.68. The van der Waals surface area contributed by atoms with Gasteiger partial charge in [-0.1, -0.05) is 6.92 Å². The zero-order valence-corrected chi connectivity index (χ0v) is 12.4. The average Bonchev–Trinajstić information content (AvgIpc) is 3.15. The molecule has 2 N–H and O–H groups in total. The van der Waals surface area contributed by atoms with E-state index in [9.17, 15) is 0 Å². The molecule has 3 heterocycles. The van der Waals surface area contributed by atoms with E-state index in [4.69, 9.17) is 4.74 Å². The number of likely N-dealkylation sites (tertiary alicyclic amines) is 1. The molecule has 1 aliphatic rings. The lowest BCUT2D eigenvalue weighted by Crippen LogP contribution is -2.25. The summed E-state index contributed by atoms with van der Waals surface area (Å²) in [6, 6.07) is 0. The van der Waals surface area contributed by atoms with Gasteiger partial charge in [0.15, 0.2) is 5.65 Å². The fourth-order valence-electron chi connectivity index (χ4n) is 2.50. The van der Waals surface area contributed by atoms with Crippen molar-refractivity contribution in [3.63, 3.8) is 0 Å². The van der Waals surface area contributed by atoms with Crippen LogP contribution in [0.2, 0.25) is 0 Å². The average molecular weight is 290 g/mol. The number of imidazole rings is 1. The van der Waals surface area contributed by atoms with Crippen LogP contribution in [0.4, 0.5) is 5.95 Å². The van der Waals surface area contributed by atoms with Gasteiger partial charge in [-0.05, 0) is 32.4 Å². The van der Waals surface area contributed by atoms with E-state index >= 15 is 0 Å². The van der Waals surface area contributed by atoms with E-state index in [0.717, 1.165) is 25.0 Å². The number of nitrogens with one attached hydrogen (secondary N) is 2. The third-order valence-corrected chi connectivity index (χ3v) is 3.63. The van der Waals surface area contributed by atoms with E-state index in [0.29, 0.717) is 24.1 Å². The highest BCUT2D eigenvalue weighted by Gasteiger charge is 2.13. The summed E-state index contributed by atoms with van der Waals surface area (Å²) in [6.45, 7) is 6.87. The van der Waals surface area contributed by atoms with Crippen molar-refractivity contribution in [3.05, 3.63) is 6.33 Å². The van der Waals surface area contributed by atoms with E-state index in [1.165, 1.54) is 25.9 Å². The van der Waals surface area contributed by atoms with E-state index in [1.54, 1.807) is 6.33 Å². The molecule has 0 aromatic carbocycles. The molecule has 21 heavy (non-hydrogen) atoms. The Hall–Kier alpha value is -1.89. The predicted octanol–water partition coefficient (Wildman–Crippen LogP) is 1.65. The molecule has 3 rings (SSSR count). The summed E-state index contributed by atoms with van der Waals surface area (Å²) in [5.41, 5.74) is 1.40. The lowest BCUT2D eigenvalue weighted by molar-refractivity contribution is 0.234. The van der Waals surface area contributed by atoms with Crippen molar-refractivity contribution in [2.45, 2.75) is 26.2 Å². The predicted molar refractivity (Wildman–Crippen MR) is 81.6 cm³/mol. The van der Waals surface area contributed by atoms with Gasteiger partial charge in [-0.15, -0.1) is 0 Å². The molecule has 0 aliphatic carbocycles. The molecule has 0 radical (unpaired) electrons. The van der Waals surface area contributed by atoms with Crippen molar-refractivity contribution in [1.29, 1.82) is 0 Å². The number of aromatic amines is 1. The van der Waals surface area contributed by atoms with Gasteiger partial charge in [-0.25, -0.2) is 4.98 Å². The van der Waals surface area contributed by atoms with Gasteiger partial charge < -0.3 is 15.0 Å². The second-order valence-electron chi connectivity index (χ2n) is 5.28. The molecule has 0 atom stereocenters. The first-order chi connectivity index (χ1) is 10.4. The number of aromatic nitrogens is 4. The van der Waals surface area contributed by atoms with Gasteiger partial charge in [-0.3, -0.25) is 4.90 Å². The monoisotopic (exact) mass is 290 g/mol. The van der Waals surface area contributed by atoms with Crippen LogP contribution < -0.4 is 10.1 Å². The highest BCUT2D eigenvalue weighted by atomic mass is 16.5. The van der Waals surface area contributed by atoms with Crippen molar-refractivity contribution in [3.8, 4) is 5.88 Å². The molecule has 0 bridgehead atoms. The lowest BCUT2D eigenvalue weighted by Gasteiger charge is -2.15. The van der Waals surface area contributed by atoms with Gasteiger partial charge in [0.25, 0.3) is 0 Å². The summed E-state index contributed by atoms with van der Waals surface area (Å²) < 4.78 is 5.86. The molecule has 0 spiro atoms. The number of hydrogen-bond acceptors (Lipinski definition) is 6. The molecule has 1 saturated heterocycles. The second-order valence-corrected chi connectivity index (χ2v) is 5.28. The Bertz CT molecular complexity index is 578. The van der Waals surface area contributed by atoms with E-state index < -0.39 is 0 Å². The summed E-state index contributed by atoms with van der Waals surface area (Å²) in [5, 5.41) is 3.18. The Kier molecular flexibility index (Phi) is 4.49. The minimum atomic E-state index is 0.577. The summed E-state index contributed by atoms with van der Waals surface area (Å²) in [5.74, 6) is 1.16. The van der Waals surface area contributed by atoms with Crippen LogP contribution in [0.1, 0.15) is 26.2 Å². The highest BCUT2D eigenvalue weighted by Crippen LogP contribution is 2.21. The van der Waals surface area contributed by atoms with Gasteiger partial charge in [0, 0.05) is 13.1 Å². The summed E-state index contributed by atoms with van der Waals surface area (Å²) >= 11 is 0. The van der Waals surface area contributed by atoms with Crippen LogP contribution in [0.3, 0.4) is 0 Å². The molecule has 7 heteroatoms. The molecule has 7 nitrogen and oxygen atoms in total. The largest absolute Gasteiger partial charge is 0.475 e. The second kappa shape index (κ2) is 6.71. The highest BCUT2D eigenvalue weighted by molar-refractivity contribution is 5.76. The fraction of sp³-hybridized carbons (Fsp3) is 0.643. The Morgan fingerprint density at radius 2 is 2.19 bits per heavy atom. The van der Waals surface area contributed by atoms with Crippen LogP contribution >= 0.6 is 0 Å². The maximum absolute atomic E-state index is 5.86. The molecule has 2 aromatic rings. The number of fused-ring (bicyclic) bond motifs is 1. The number of ether oxygens (including phenoxy) is 1. The number of rotatable bonds is 7. The zero-order chi connectivity index (χ0) is 14.5. The number of H-pyrrole nitrogens is 1. The first kappa shape index (κ1) is 14.1.